The van der Waals surface area contributed by atoms with E-state index < -0.39 is 5.97 Å². The number of nitrogens with one attached hydrogen (secondary N) is 1. The molecule has 0 saturated heterocycles. The Morgan fingerprint density at radius 2 is 2.27 bits per heavy atom. The van der Waals surface area contributed by atoms with Gasteiger partial charge in [0.15, 0.2) is 0 Å². The lowest BCUT2D eigenvalue weighted by atomic mass is 10.2. The molecule has 0 amide bonds. The fraction of sp³-hybridized carbons (Fsp3) is 0.273. The standard InChI is InChI=1S/C11H14N2O2/c1-3-8(2)12-13-10-6-4-5-9(7-10)11(14)15/h4-7,13H,3H2,1-2H3,(H,14,15)/b12-8-. The number of hydrazone groups is 1. The summed E-state index contributed by atoms with van der Waals surface area (Å²) in [5.41, 5.74) is 4.72. The average molecular weight is 206 g/mol. The molecule has 80 valence electrons. The minimum absolute atomic E-state index is 0.254. The van der Waals surface area contributed by atoms with Gasteiger partial charge in [0, 0.05) is 5.71 Å². The Morgan fingerprint density at radius 1 is 1.53 bits per heavy atom. The van der Waals surface area contributed by atoms with E-state index in [1.54, 1.807) is 24.3 Å². The summed E-state index contributed by atoms with van der Waals surface area (Å²) in [5.74, 6) is -0.935. The maximum absolute atomic E-state index is 10.7. The molecule has 0 aliphatic carbocycles. The number of aromatic carboxylic acids is 1. The van der Waals surface area contributed by atoms with Crippen LogP contribution in [0, 0.1) is 0 Å². The quantitative estimate of drug-likeness (QED) is 0.588. The minimum Gasteiger partial charge on any atom is -0.478 e. The Morgan fingerprint density at radius 3 is 2.87 bits per heavy atom. The summed E-state index contributed by atoms with van der Waals surface area (Å²) < 4.78 is 0. The number of carbonyl (C=O) groups is 1. The van der Waals surface area contributed by atoms with Crippen LogP contribution >= 0.6 is 0 Å². The Kier molecular flexibility index (Phi) is 3.85. The van der Waals surface area contributed by atoms with Gasteiger partial charge in [-0.25, -0.2) is 4.79 Å². The van der Waals surface area contributed by atoms with E-state index in [0.29, 0.717) is 5.69 Å². The first kappa shape index (κ1) is 11.2. The molecule has 0 saturated carbocycles. The normalized spacial score (nSPS) is 11.2. The number of benzene rings is 1. The zero-order valence-corrected chi connectivity index (χ0v) is 8.82. The zero-order valence-electron chi connectivity index (χ0n) is 8.82. The molecule has 4 heteroatoms. The molecule has 0 spiro atoms. The summed E-state index contributed by atoms with van der Waals surface area (Å²) >= 11 is 0. The van der Waals surface area contributed by atoms with Crippen molar-refractivity contribution >= 4 is 17.4 Å². The molecule has 0 radical (unpaired) electrons. The van der Waals surface area contributed by atoms with Crippen molar-refractivity contribution in [2.75, 3.05) is 5.43 Å². The topological polar surface area (TPSA) is 61.7 Å². The van der Waals surface area contributed by atoms with Crippen LogP contribution < -0.4 is 5.43 Å². The van der Waals surface area contributed by atoms with Crippen molar-refractivity contribution in [2.45, 2.75) is 20.3 Å². The van der Waals surface area contributed by atoms with Crippen molar-refractivity contribution < 1.29 is 9.90 Å². The minimum atomic E-state index is -0.935. The number of carboxylic acids is 1. The molecule has 0 aromatic heterocycles. The lowest BCUT2D eigenvalue weighted by Crippen LogP contribution is -1.99. The second-order valence-corrected chi connectivity index (χ2v) is 3.20. The van der Waals surface area contributed by atoms with Gasteiger partial charge in [-0.3, -0.25) is 5.43 Å². The van der Waals surface area contributed by atoms with Gasteiger partial charge >= 0.3 is 5.97 Å². The zero-order chi connectivity index (χ0) is 11.3. The van der Waals surface area contributed by atoms with E-state index >= 15 is 0 Å². The highest BCUT2D eigenvalue weighted by molar-refractivity contribution is 5.89. The van der Waals surface area contributed by atoms with E-state index in [1.165, 1.54) is 0 Å². The molecular formula is C11H14N2O2. The molecule has 1 aromatic carbocycles. The van der Waals surface area contributed by atoms with Gasteiger partial charge < -0.3 is 5.11 Å². The van der Waals surface area contributed by atoms with Crippen LogP contribution in [0.5, 0.6) is 0 Å². The third-order valence-corrected chi connectivity index (χ3v) is 2.00. The lowest BCUT2D eigenvalue weighted by Gasteiger charge is -2.02. The van der Waals surface area contributed by atoms with Gasteiger partial charge in [0.25, 0.3) is 0 Å². The van der Waals surface area contributed by atoms with E-state index in [-0.39, 0.29) is 5.56 Å². The molecule has 2 N–H and O–H groups in total. The second kappa shape index (κ2) is 5.14. The van der Waals surface area contributed by atoms with Crippen LogP contribution in [0.3, 0.4) is 0 Å². The molecule has 1 aromatic rings. The Balaban J connectivity index is 2.78. The fourth-order valence-electron chi connectivity index (χ4n) is 0.961. The molecule has 0 aliphatic rings. The highest BCUT2D eigenvalue weighted by Gasteiger charge is 2.01. The van der Waals surface area contributed by atoms with Crippen molar-refractivity contribution in [1.82, 2.24) is 0 Å². The van der Waals surface area contributed by atoms with Crippen molar-refractivity contribution in [3.63, 3.8) is 0 Å². The lowest BCUT2D eigenvalue weighted by molar-refractivity contribution is 0.0697. The summed E-state index contributed by atoms with van der Waals surface area (Å²) in [5, 5.41) is 12.9. The molecule has 4 nitrogen and oxygen atoms in total. The van der Waals surface area contributed by atoms with Crippen LogP contribution in [-0.4, -0.2) is 16.8 Å². The number of nitrogens with zero attached hydrogens (tertiary/aromatic N) is 1. The van der Waals surface area contributed by atoms with Crippen LogP contribution in [0.1, 0.15) is 30.6 Å². The maximum Gasteiger partial charge on any atom is 0.335 e. The van der Waals surface area contributed by atoms with E-state index in [2.05, 4.69) is 10.5 Å². The fourth-order valence-corrected chi connectivity index (χ4v) is 0.961. The van der Waals surface area contributed by atoms with E-state index in [0.717, 1.165) is 12.1 Å². The van der Waals surface area contributed by atoms with Gasteiger partial charge in [-0.2, -0.15) is 5.10 Å². The average Bonchev–Trinajstić information content (AvgIpc) is 2.26. The summed E-state index contributed by atoms with van der Waals surface area (Å²) in [6.45, 7) is 3.92. The van der Waals surface area contributed by atoms with Gasteiger partial charge in [-0.1, -0.05) is 13.0 Å². The molecule has 0 unspecified atom stereocenters. The van der Waals surface area contributed by atoms with Crippen molar-refractivity contribution in [3.05, 3.63) is 29.8 Å². The van der Waals surface area contributed by atoms with Crippen LogP contribution in [0.25, 0.3) is 0 Å². The Hall–Kier alpha value is -1.84. The maximum atomic E-state index is 10.7. The van der Waals surface area contributed by atoms with Crippen molar-refractivity contribution in [2.24, 2.45) is 5.10 Å². The Bertz CT molecular complexity index is 386. The molecule has 0 bridgehead atoms. The predicted octanol–water partition coefficient (Wildman–Crippen LogP) is 2.58. The van der Waals surface area contributed by atoms with Gasteiger partial charge in [-0.05, 0) is 31.5 Å². The Labute approximate surface area is 88.6 Å². The van der Waals surface area contributed by atoms with Crippen LogP contribution in [0.4, 0.5) is 5.69 Å². The third kappa shape index (κ3) is 3.42. The molecule has 1 rings (SSSR count). The first-order valence-corrected chi connectivity index (χ1v) is 4.76. The summed E-state index contributed by atoms with van der Waals surface area (Å²) in [6, 6.07) is 6.56. The van der Waals surface area contributed by atoms with E-state index in [4.69, 9.17) is 5.11 Å². The highest BCUT2D eigenvalue weighted by atomic mass is 16.4. The van der Waals surface area contributed by atoms with Gasteiger partial charge in [0.1, 0.15) is 0 Å². The first-order valence-electron chi connectivity index (χ1n) is 4.76. The summed E-state index contributed by atoms with van der Waals surface area (Å²) in [6.07, 6.45) is 0.867. The van der Waals surface area contributed by atoms with Gasteiger partial charge in [-0.15, -0.1) is 0 Å². The van der Waals surface area contributed by atoms with E-state index in [1.807, 2.05) is 13.8 Å². The summed E-state index contributed by atoms with van der Waals surface area (Å²) in [7, 11) is 0. The van der Waals surface area contributed by atoms with Crippen LogP contribution in [0.2, 0.25) is 0 Å². The van der Waals surface area contributed by atoms with Crippen LogP contribution in [-0.2, 0) is 0 Å². The van der Waals surface area contributed by atoms with Crippen LogP contribution in [0.15, 0.2) is 29.4 Å². The number of carboxylic acid groups (broad SMARTS) is 1. The molecule has 0 fully saturated rings. The monoisotopic (exact) mass is 206 g/mol. The number of hydrogen-bond donors (Lipinski definition) is 2. The first-order chi connectivity index (χ1) is 7.13. The van der Waals surface area contributed by atoms with Crippen molar-refractivity contribution in [3.8, 4) is 0 Å². The highest BCUT2D eigenvalue weighted by Crippen LogP contribution is 2.10. The number of rotatable bonds is 4. The summed E-state index contributed by atoms with van der Waals surface area (Å²) in [4.78, 5) is 10.7. The predicted molar refractivity (Wildman–Crippen MR) is 60.4 cm³/mol. The molecule has 0 aliphatic heterocycles. The van der Waals surface area contributed by atoms with Gasteiger partial charge in [0.2, 0.25) is 0 Å². The largest absolute Gasteiger partial charge is 0.478 e. The SMILES string of the molecule is CC/C(C)=N\Nc1cccc(C(=O)O)c1. The second-order valence-electron chi connectivity index (χ2n) is 3.20. The van der Waals surface area contributed by atoms with Crippen molar-refractivity contribution in [1.29, 1.82) is 0 Å². The molecular weight excluding hydrogens is 192 g/mol. The van der Waals surface area contributed by atoms with Gasteiger partial charge in [0.05, 0.1) is 11.3 Å². The molecule has 0 heterocycles. The molecule has 0 atom stereocenters. The number of anilines is 1. The third-order valence-electron chi connectivity index (χ3n) is 2.00. The van der Waals surface area contributed by atoms with E-state index in [9.17, 15) is 4.79 Å². The molecule has 15 heavy (non-hydrogen) atoms. The smallest absolute Gasteiger partial charge is 0.335 e. The number of hydrogen-bond acceptors (Lipinski definition) is 3.